The van der Waals surface area contributed by atoms with E-state index >= 15 is 0 Å². The summed E-state index contributed by atoms with van der Waals surface area (Å²) >= 11 is 0. The topological polar surface area (TPSA) is 54.0 Å². The molecule has 0 radical (unpaired) electrons. The zero-order chi connectivity index (χ0) is 20.1. The van der Waals surface area contributed by atoms with Crippen molar-refractivity contribution >= 4 is 5.78 Å². The van der Waals surface area contributed by atoms with Crippen LogP contribution >= 0.6 is 0 Å². The summed E-state index contributed by atoms with van der Waals surface area (Å²) in [6, 6.07) is 18.3. The summed E-state index contributed by atoms with van der Waals surface area (Å²) in [4.78, 5) is 13.4. The Morgan fingerprint density at radius 2 is 1.36 bits per heavy atom. The van der Waals surface area contributed by atoms with Crippen LogP contribution in [0.25, 0.3) is 11.1 Å². The Kier molecular flexibility index (Phi) is 5.84. The van der Waals surface area contributed by atoms with Gasteiger partial charge in [-0.3, -0.25) is 4.79 Å². The smallest absolute Gasteiger partial charge is 0.203 e. The van der Waals surface area contributed by atoms with Gasteiger partial charge in [0, 0.05) is 16.7 Å². The lowest BCUT2D eigenvalue weighted by Crippen LogP contribution is -2.07. The predicted octanol–water partition coefficient (Wildman–Crippen LogP) is 4.62. The number of carbonyl (C=O) groups excluding carboxylic acids is 1. The number of ether oxygens (including phenoxy) is 4. The summed E-state index contributed by atoms with van der Waals surface area (Å²) in [7, 11) is 6.20. The van der Waals surface area contributed by atoms with Gasteiger partial charge in [0.2, 0.25) is 5.75 Å². The molecule has 28 heavy (non-hydrogen) atoms. The Hall–Kier alpha value is -3.47. The molecule has 0 aliphatic rings. The molecule has 0 aromatic heterocycles. The fourth-order valence-electron chi connectivity index (χ4n) is 3.12. The Labute approximate surface area is 164 Å². The van der Waals surface area contributed by atoms with Crippen LogP contribution in [0.3, 0.4) is 0 Å². The molecule has 144 valence electrons. The number of methoxy groups -OCH3 is 4. The van der Waals surface area contributed by atoms with E-state index in [9.17, 15) is 4.79 Å². The number of rotatable bonds is 7. The molecule has 0 aliphatic heterocycles. The largest absolute Gasteiger partial charge is 0.497 e. The summed E-state index contributed by atoms with van der Waals surface area (Å²) < 4.78 is 21.8. The van der Waals surface area contributed by atoms with Crippen LogP contribution < -0.4 is 18.9 Å². The molecule has 0 bridgehead atoms. The minimum Gasteiger partial charge on any atom is -0.497 e. The molecule has 0 fully saturated rings. The van der Waals surface area contributed by atoms with E-state index in [-0.39, 0.29) is 5.78 Å². The average molecular weight is 378 g/mol. The highest BCUT2D eigenvalue weighted by Gasteiger charge is 2.25. The first kappa shape index (κ1) is 19.3. The highest BCUT2D eigenvalue weighted by Crippen LogP contribution is 2.47. The molecule has 0 saturated heterocycles. The molecule has 0 aliphatic carbocycles. The van der Waals surface area contributed by atoms with E-state index in [0.29, 0.717) is 39.7 Å². The zero-order valence-corrected chi connectivity index (χ0v) is 16.3. The lowest BCUT2D eigenvalue weighted by atomic mass is 9.92. The standard InChI is InChI=1S/C23H22O5/c1-25-17-12-10-16(11-13-17)21(24)18-14-19(26-2)22(27-3)23(28-4)20(18)15-8-6-5-7-9-15/h5-14H,1-4H3. The maximum Gasteiger partial charge on any atom is 0.203 e. The van der Waals surface area contributed by atoms with Crippen molar-refractivity contribution in [2.24, 2.45) is 0 Å². The summed E-state index contributed by atoms with van der Waals surface area (Å²) in [5, 5.41) is 0. The van der Waals surface area contributed by atoms with Gasteiger partial charge in [0.05, 0.1) is 28.4 Å². The quantitative estimate of drug-likeness (QED) is 0.562. The first-order valence-corrected chi connectivity index (χ1v) is 8.71. The highest BCUT2D eigenvalue weighted by molar-refractivity contribution is 6.14. The molecule has 0 N–H and O–H groups in total. The van der Waals surface area contributed by atoms with Crippen molar-refractivity contribution in [3.8, 4) is 34.1 Å². The molecule has 3 rings (SSSR count). The van der Waals surface area contributed by atoms with Gasteiger partial charge in [-0.25, -0.2) is 0 Å². The molecule has 3 aromatic carbocycles. The van der Waals surface area contributed by atoms with Crippen molar-refractivity contribution in [2.45, 2.75) is 0 Å². The Morgan fingerprint density at radius 1 is 0.714 bits per heavy atom. The minimum absolute atomic E-state index is 0.152. The second kappa shape index (κ2) is 8.48. The van der Waals surface area contributed by atoms with Crippen molar-refractivity contribution in [2.75, 3.05) is 28.4 Å². The maximum absolute atomic E-state index is 13.4. The Morgan fingerprint density at radius 3 is 1.89 bits per heavy atom. The number of benzene rings is 3. The monoisotopic (exact) mass is 378 g/mol. The second-order valence-electron chi connectivity index (χ2n) is 5.99. The average Bonchev–Trinajstić information content (AvgIpc) is 2.77. The molecule has 5 heteroatoms. The Balaban J connectivity index is 2.27. The van der Waals surface area contributed by atoms with Crippen molar-refractivity contribution in [1.82, 2.24) is 0 Å². The highest BCUT2D eigenvalue weighted by atomic mass is 16.5. The first-order valence-electron chi connectivity index (χ1n) is 8.71. The van der Waals surface area contributed by atoms with Crippen LogP contribution in [0.4, 0.5) is 0 Å². The molecule has 0 amide bonds. The number of carbonyl (C=O) groups is 1. The third kappa shape index (κ3) is 3.51. The molecule has 5 nitrogen and oxygen atoms in total. The van der Waals surface area contributed by atoms with Crippen LogP contribution in [0.1, 0.15) is 15.9 Å². The first-order chi connectivity index (χ1) is 13.6. The van der Waals surface area contributed by atoms with Gasteiger partial charge in [-0.2, -0.15) is 0 Å². The van der Waals surface area contributed by atoms with E-state index in [2.05, 4.69) is 0 Å². The SMILES string of the molecule is COc1ccc(C(=O)c2cc(OC)c(OC)c(OC)c2-c2ccccc2)cc1. The summed E-state index contributed by atoms with van der Waals surface area (Å²) in [6.07, 6.45) is 0. The summed E-state index contributed by atoms with van der Waals surface area (Å²) in [5.41, 5.74) is 2.50. The van der Waals surface area contributed by atoms with E-state index < -0.39 is 0 Å². The lowest BCUT2D eigenvalue weighted by Gasteiger charge is -2.19. The molecule has 0 saturated carbocycles. The van der Waals surface area contributed by atoms with Gasteiger partial charge in [-0.1, -0.05) is 30.3 Å². The van der Waals surface area contributed by atoms with Crippen LogP contribution in [-0.4, -0.2) is 34.2 Å². The van der Waals surface area contributed by atoms with Crippen LogP contribution in [0.15, 0.2) is 60.7 Å². The van der Waals surface area contributed by atoms with Gasteiger partial charge in [0.1, 0.15) is 5.75 Å². The predicted molar refractivity (Wildman–Crippen MR) is 108 cm³/mol. The van der Waals surface area contributed by atoms with Gasteiger partial charge in [0.15, 0.2) is 17.3 Å². The van der Waals surface area contributed by atoms with Crippen molar-refractivity contribution in [3.63, 3.8) is 0 Å². The van der Waals surface area contributed by atoms with Gasteiger partial charge in [-0.15, -0.1) is 0 Å². The van der Waals surface area contributed by atoms with E-state index in [1.54, 1.807) is 51.7 Å². The van der Waals surface area contributed by atoms with E-state index in [1.165, 1.54) is 7.11 Å². The van der Waals surface area contributed by atoms with Crippen LogP contribution in [0, 0.1) is 0 Å². The summed E-state index contributed by atoms with van der Waals surface area (Å²) in [5.74, 6) is 1.85. The van der Waals surface area contributed by atoms with Gasteiger partial charge in [-0.05, 0) is 35.9 Å². The maximum atomic E-state index is 13.4. The van der Waals surface area contributed by atoms with E-state index in [1.807, 2.05) is 30.3 Å². The van der Waals surface area contributed by atoms with Crippen LogP contribution in [-0.2, 0) is 0 Å². The lowest BCUT2D eigenvalue weighted by molar-refractivity contribution is 0.103. The van der Waals surface area contributed by atoms with E-state index in [4.69, 9.17) is 18.9 Å². The van der Waals surface area contributed by atoms with Crippen LogP contribution in [0.5, 0.6) is 23.0 Å². The van der Waals surface area contributed by atoms with Crippen molar-refractivity contribution < 1.29 is 23.7 Å². The third-order valence-electron chi connectivity index (χ3n) is 4.49. The fourth-order valence-corrected chi connectivity index (χ4v) is 3.12. The molecular formula is C23H22O5. The molecule has 0 unspecified atom stereocenters. The summed E-state index contributed by atoms with van der Waals surface area (Å²) in [6.45, 7) is 0. The number of ketones is 1. The van der Waals surface area contributed by atoms with E-state index in [0.717, 1.165) is 5.56 Å². The molecule has 0 spiro atoms. The van der Waals surface area contributed by atoms with Crippen LogP contribution in [0.2, 0.25) is 0 Å². The minimum atomic E-state index is -0.152. The second-order valence-corrected chi connectivity index (χ2v) is 5.99. The normalized spacial score (nSPS) is 10.3. The van der Waals surface area contributed by atoms with Gasteiger partial charge >= 0.3 is 0 Å². The molecule has 0 atom stereocenters. The fraction of sp³-hybridized carbons (Fsp3) is 0.174. The molecule has 3 aromatic rings. The van der Waals surface area contributed by atoms with Crippen molar-refractivity contribution in [3.05, 3.63) is 71.8 Å². The number of hydrogen-bond donors (Lipinski definition) is 0. The Bertz CT molecular complexity index is 963. The van der Waals surface area contributed by atoms with Crippen molar-refractivity contribution in [1.29, 1.82) is 0 Å². The number of hydrogen-bond acceptors (Lipinski definition) is 5. The molecule has 0 heterocycles. The zero-order valence-electron chi connectivity index (χ0n) is 16.3. The third-order valence-corrected chi connectivity index (χ3v) is 4.49. The van der Waals surface area contributed by atoms with Gasteiger partial charge in [0.25, 0.3) is 0 Å². The molecular weight excluding hydrogens is 356 g/mol. The van der Waals surface area contributed by atoms with Gasteiger partial charge < -0.3 is 18.9 Å².